The Morgan fingerprint density at radius 1 is 1.16 bits per heavy atom. The summed E-state index contributed by atoms with van der Waals surface area (Å²) in [5, 5.41) is 10.1. The van der Waals surface area contributed by atoms with E-state index in [1.165, 1.54) is 18.4 Å². The molecule has 12 heteroatoms. The molecule has 0 radical (unpaired) electrons. The highest BCUT2D eigenvalue weighted by molar-refractivity contribution is 7.22. The monoisotopic (exact) mass is 539 g/mol. The highest BCUT2D eigenvalue weighted by Gasteiger charge is 2.38. The van der Waals surface area contributed by atoms with Crippen molar-refractivity contribution in [3.05, 3.63) is 30.1 Å². The quantitative estimate of drug-likeness (QED) is 0.244. The molecule has 202 valence electrons. The van der Waals surface area contributed by atoms with Gasteiger partial charge in [0.05, 0.1) is 28.0 Å². The Morgan fingerprint density at radius 2 is 1.87 bits per heavy atom. The molecule has 3 heterocycles. The second kappa shape index (κ2) is 11.7. The largest absolute Gasteiger partial charge is 0.466 e. The van der Waals surface area contributed by atoms with Crippen molar-refractivity contribution >= 4 is 50.3 Å². The number of nitrogens with one attached hydrogen (secondary N) is 2. The first kappa shape index (κ1) is 27.2. The van der Waals surface area contributed by atoms with Crippen LogP contribution in [-0.2, 0) is 14.4 Å². The van der Waals surface area contributed by atoms with Gasteiger partial charge < -0.3 is 19.8 Å². The van der Waals surface area contributed by atoms with Crippen LogP contribution in [0.15, 0.2) is 29.7 Å². The molecule has 0 unspecified atom stereocenters. The summed E-state index contributed by atoms with van der Waals surface area (Å²) in [6, 6.07) is 3.64. The summed E-state index contributed by atoms with van der Waals surface area (Å²) in [6.45, 7) is 9.77. The van der Waals surface area contributed by atoms with Gasteiger partial charge in [0.25, 0.3) is 0 Å². The standard InChI is InChI=1S/C26H33N7O4S/c1-6-27-24(35)31-25-30-20-13-17(12-19(21(20)38-25)16(3)32-36-5)18-14-28-23(29-15-18)33-10-8-26(4,9-11-33)22(34)37-7-2/h12-15H,6-11H2,1-5H3,(H2,27,30,31,35)/b32-16-. The van der Waals surface area contributed by atoms with E-state index >= 15 is 0 Å². The van der Waals surface area contributed by atoms with Crippen molar-refractivity contribution in [2.75, 3.05) is 43.6 Å². The van der Waals surface area contributed by atoms with Crippen LogP contribution in [0.5, 0.6) is 0 Å². The fourth-order valence-electron chi connectivity index (χ4n) is 4.35. The molecule has 0 spiro atoms. The third-order valence-electron chi connectivity index (χ3n) is 6.56. The van der Waals surface area contributed by atoms with Crippen LogP contribution in [0.4, 0.5) is 15.9 Å². The highest BCUT2D eigenvalue weighted by atomic mass is 32.1. The number of thiazole rings is 1. The number of urea groups is 1. The minimum absolute atomic E-state index is 0.138. The van der Waals surface area contributed by atoms with Gasteiger partial charge in [-0.25, -0.2) is 19.7 Å². The van der Waals surface area contributed by atoms with Crippen LogP contribution in [0.25, 0.3) is 21.3 Å². The van der Waals surface area contributed by atoms with Crippen LogP contribution in [0.1, 0.15) is 46.1 Å². The maximum atomic E-state index is 12.3. The zero-order valence-corrected chi connectivity index (χ0v) is 23.1. The lowest BCUT2D eigenvalue weighted by atomic mass is 9.80. The first-order valence-electron chi connectivity index (χ1n) is 12.6. The predicted molar refractivity (Wildman–Crippen MR) is 149 cm³/mol. The van der Waals surface area contributed by atoms with E-state index in [0.717, 1.165) is 26.9 Å². The molecule has 1 saturated heterocycles. The van der Waals surface area contributed by atoms with Crippen molar-refractivity contribution in [1.82, 2.24) is 20.3 Å². The number of rotatable bonds is 8. The van der Waals surface area contributed by atoms with E-state index in [1.807, 2.05) is 39.8 Å². The number of fused-ring (bicyclic) bond motifs is 1. The molecule has 1 fully saturated rings. The van der Waals surface area contributed by atoms with Crippen LogP contribution in [0.3, 0.4) is 0 Å². The number of aromatic nitrogens is 3. The summed E-state index contributed by atoms with van der Waals surface area (Å²) in [7, 11) is 1.50. The smallest absolute Gasteiger partial charge is 0.321 e. The maximum absolute atomic E-state index is 12.3. The number of esters is 1. The average molecular weight is 540 g/mol. The summed E-state index contributed by atoms with van der Waals surface area (Å²) < 4.78 is 6.14. The summed E-state index contributed by atoms with van der Waals surface area (Å²) in [5.41, 5.74) is 3.47. The van der Waals surface area contributed by atoms with Gasteiger partial charge in [0.2, 0.25) is 5.95 Å². The number of hydrogen-bond acceptors (Lipinski definition) is 10. The van der Waals surface area contributed by atoms with E-state index in [1.54, 1.807) is 12.4 Å². The number of carbonyl (C=O) groups is 2. The molecular weight excluding hydrogens is 506 g/mol. The number of nitrogens with zero attached hydrogens (tertiary/aromatic N) is 5. The Morgan fingerprint density at radius 3 is 2.50 bits per heavy atom. The van der Waals surface area contributed by atoms with E-state index in [2.05, 4.69) is 35.6 Å². The molecule has 2 N–H and O–H groups in total. The molecule has 0 atom stereocenters. The molecule has 38 heavy (non-hydrogen) atoms. The van der Waals surface area contributed by atoms with Crippen molar-refractivity contribution in [3.8, 4) is 11.1 Å². The van der Waals surface area contributed by atoms with Gasteiger partial charge in [-0.05, 0) is 58.2 Å². The molecule has 0 saturated carbocycles. The zero-order valence-electron chi connectivity index (χ0n) is 22.3. The van der Waals surface area contributed by atoms with Crippen LogP contribution < -0.4 is 15.5 Å². The number of carbonyl (C=O) groups excluding carboxylic acids is 2. The van der Waals surface area contributed by atoms with E-state index in [-0.39, 0.29) is 12.0 Å². The van der Waals surface area contributed by atoms with Crippen molar-refractivity contribution in [3.63, 3.8) is 0 Å². The molecule has 2 amide bonds. The number of anilines is 2. The average Bonchev–Trinajstić information content (AvgIpc) is 3.31. The van der Waals surface area contributed by atoms with Crippen LogP contribution >= 0.6 is 11.3 Å². The number of hydrogen-bond donors (Lipinski definition) is 2. The van der Waals surface area contributed by atoms with Gasteiger partial charge in [0, 0.05) is 43.2 Å². The molecule has 4 rings (SSSR count). The SMILES string of the molecule is CCNC(=O)Nc1nc2cc(-c3cnc(N4CCC(C)(C(=O)OCC)CC4)nc3)cc(/C(C)=N\OC)c2s1. The van der Waals surface area contributed by atoms with E-state index in [9.17, 15) is 9.59 Å². The third kappa shape index (κ3) is 5.85. The van der Waals surface area contributed by atoms with Gasteiger partial charge in [-0.15, -0.1) is 0 Å². The molecule has 1 aliphatic rings. The Labute approximate surface area is 225 Å². The van der Waals surface area contributed by atoms with Gasteiger partial charge in [-0.3, -0.25) is 10.1 Å². The number of benzene rings is 1. The van der Waals surface area contributed by atoms with E-state index in [0.29, 0.717) is 55.9 Å². The van der Waals surface area contributed by atoms with Crippen LogP contribution in [0.2, 0.25) is 0 Å². The molecule has 11 nitrogen and oxygen atoms in total. The first-order valence-corrected chi connectivity index (χ1v) is 13.4. The van der Waals surface area contributed by atoms with E-state index in [4.69, 9.17) is 9.57 Å². The lowest BCUT2D eigenvalue weighted by molar-refractivity contribution is -0.155. The number of oxime groups is 1. The number of piperidine rings is 1. The summed E-state index contributed by atoms with van der Waals surface area (Å²) in [5.74, 6) is 0.487. The maximum Gasteiger partial charge on any atom is 0.321 e. The predicted octanol–water partition coefficient (Wildman–Crippen LogP) is 4.43. The fourth-order valence-corrected chi connectivity index (χ4v) is 5.36. The van der Waals surface area contributed by atoms with Gasteiger partial charge in [0.15, 0.2) is 5.13 Å². The number of ether oxygens (including phenoxy) is 1. The molecule has 2 aromatic heterocycles. The topological polar surface area (TPSA) is 131 Å². The summed E-state index contributed by atoms with van der Waals surface area (Å²) >= 11 is 1.37. The first-order chi connectivity index (χ1) is 18.3. The molecule has 0 bridgehead atoms. The van der Waals surface area contributed by atoms with Crippen LogP contribution in [0, 0.1) is 5.41 Å². The normalized spacial score (nSPS) is 15.3. The summed E-state index contributed by atoms with van der Waals surface area (Å²) in [4.78, 5) is 45.3. The minimum Gasteiger partial charge on any atom is -0.466 e. The van der Waals surface area contributed by atoms with Gasteiger partial charge in [-0.1, -0.05) is 16.5 Å². The lowest BCUT2D eigenvalue weighted by Crippen LogP contribution is -2.44. The van der Waals surface area contributed by atoms with Crippen LogP contribution in [-0.4, -0.2) is 66.0 Å². The Bertz CT molecular complexity index is 1330. The Balaban J connectivity index is 1.59. The second-order valence-electron chi connectivity index (χ2n) is 9.27. The Hall–Kier alpha value is -3.80. The number of amides is 2. The molecule has 1 aromatic carbocycles. The second-order valence-corrected chi connectivity index (χ2v) is 10.3. The molecule has 1 aliphatic heterocycles. The molecule has 0 aliphatic carbocycles. The van der Waals surface area contributed by atoms with Crippen molar-refractivity contribution in [2.45, 2.75) is 40.5 Å². The van der Waals surface area contributed by atoms with Gasteiger partial charge in [0.1, 0.15) is 7.11 Å². The van der Waals surface area contributed by atoms with Gasteiger partial charge >= 0.3 is 12.0 Å². The summed E-state index contributed by atoms with van der Waals surface area (Å²) in [6.07, 6.45) is 4.95. The zero-order chi connectivity index (χ0) is 27.3. The lowest BCUT2D eigenvalue weighted by Gasteiger charge is -2.37. The van der Waals surface area contributed by atoms with Gasteiger partial charge in [-0.2, -0.15) is 0 Å². The van der Waals surface area contributed by atoms with E-state index < -0.39 is 5.41 Å². The third-order valence-corrected chi connectivity index (χ3v) is 7.58. The van der Waals surface area contributed by atoms with Crippen molar-refractivity contribution in [1.29, 1.82) is 0 Å². The minimum atomic E-state index is -0.474. The molecule has 3 aromatic rings. The molecular formula is C26H33N7O4S. The van der Waals surface area contributed by atoms with Crippen molar-refractivity contribution in [2.24, 2.45) is 10.6 Å². The Kier molecular flexibility index (Phi) is 8.40. The van der Waals surface area contributed by atoms with Crippen molar-refractivity contribution < 1.29 is 19.2 Å². The fraction of sp³-hybridized carbons (Fsp3) is 0.462. The highest BCUT2D eigenvalue weighted by Crippen LogP contribution is 2.35.